The molecule has 0 aromatic carbocycles. The van der Waals surface area contributed by atoms with Crippen LogP contribution in [0.1, 0.15) is 79.1 Å². The molecule has 2 radical (unpaired) electrons. The fraction of sp³-hybridized carbons (Fsp3) is 0.875. The summed E-state index contributed by atoms with van der Waals surface area (Å²) in [6.07, 6.45) is 7.55. The molecule has 0 saturated heterocycles. The molecule has 0 aliphatic heterocycles. The van der Waals surface area contributed by atoms with E-state index in [1.54, 1.807) is 0 Å². The van der Waals surface area contributed by atoms with Crippen LogP contribution in [-0.4, -0.2) is 33.9 Å². The van der Waals surface area contributed by atoms with E-state index in [0.717, 1.165) is 51.4 Å². The van der Waals surface area contributed by atoms with E-state index < -0.39 is 22.0 Å². The van der Waals surface area contributed by atoms with Gasteiger partial charge in [-0.3, -0.25) is 0 Å². The first-order valence-corrected chi connectivity index (χ1v) is 10.6. The second kappa shape index (κ2) is 13.4. The quantitative estimate of drug-likeness (QED) is 0.460. The predicted octanol–water partition coefficient (Wildman–Crippen LogP) is 4.04. The van der Waals surface area contributed by atoms with Crippen LogP contribution in [0.25, 0.3) is 0 Å². The molecule has 0 unspecified atom stereocenters. The molecule has 0 saturated carbocycles. The van der Waals surface area contributed by atoms with Crippen molar-refractivity contribution in [2.75, 3.05) is 0 Å². The third-order valence-corrected chi connectivity index (χ3v) is 5.37. The van der Waals surface area contributed by atoms with E-state index in [1.807, 2.05) is 13.8 Å². The summed E-state index contributed by atoms with van der Waals surface area (Å²) in [6.45, 7) is 8.21. The van der Waals surface area contributed by atoms with Gasteiger partial charge in [0.25, 0.3) is 0 Å². The van der Waals surface area contributed by atoms with Crippen LogP contribution in [0, 0.1) is 11.8 Å². The van der Waals surface area contributed by atoms with Gasteiger partial charge in [0.2, 0.25) is 0 Å². The predicted molar refractivity (Wildman–Crippen MR) is 84.6 cm³/mol. The fourth-order valence-corrected chi connectivity index (χ4v) is 3.69. The van der Waals surface area contributed by atoms with Crippen molar-refractivity contribution in [1.82, 2.24) is 0 Å². The number of rotatable bonds is 12. The van der Waals surface area contributed by atoms with Crippen LogP contribution < -0.4 is 0 Å². The van der Waals surface area contributed by atoms with Crippen LogP contribution in [0.2, 0.25) is 0 Å². The van der Waals surface area contributed by atoms with E-state index in [2.05, 4.69) is 13.8 Å². The number of unbranched alkanes of at least 4 members (excludes halogenated alkanes) is 2. The minimum absolute atomic E-state index is 0.0355. The Kier molecular flexibility index (Phi) is 13.2. The fourth-order valence-electron chi connectivity index (χ4n) is 2.15. The normalized spacial score (nSPS) is 13.5. The molecule has 0 aliphatic rings. The van der Waals surface area contributed by atoms with Crippen molar-refractivity contribution in [1.29, 1.82) is 0 Å². The number of carbonyl (C=O) groups excluding carboxylic acids is 2. The third kappa shape index (κ3) is 9.38. The van der Waals surface area contributed by atoms with Gasteiger partial charge in [0.1, 0.15) is 0 Å². The molecule has 21 heavy (non-hydrogen) atoms. The Labute approximate surface area is 140 Å². The van der Waals surface area contributed by atoms with Crippen molar-refractivity contribution >= 4 is 33.9 Å². The topological polar surface area (TPSA) is 52.6 Å². The van der Waals surface area contributed by atoms with Crippen LogP contribution in [0.15, 0.2) is 0 Å². The van der Waals surface area contributed by atoms with Gasteiger partial charge in [-0.05, 0) is 0 Å². The summed E-state index contributed by atoms with van der Waals surface area (Å²) >= 11 is -1.82. The summed E-state index contributed by atoms with van der Waals surface area (Å²) in [6, 6.07) is 0. The van der Waals surface area contributed by atoms with Crippen LogP contribution in [-0.2, 0) is 15.7 Å². The number of hydrogen-bond donors (Lipinski definition) is 0. The van der Waals surface area contributed by atoms with Gasteiger partial charge in [0.05, 0.1) is 0 Å². The summed E-state index contributed by atoms with van der Waals surface area (Å²) in [5.41, 5.74) is 0. The minimum atomic E-state index is -1.82. The van der Waals surface area contributed by atoms with Gasteiger partial charge < -0.3 is 0 Å². The molecule has 0 aromatic rings. The van der Waals surface area contributed by atoms with Gasteiger partial charge in [-0.25, -0.2) is 0 Å². The second-order valence-electron chi connectivity index (χ2n) is 5.42. The van der Waals surface area contributed by atoms with Crippen LogP contribution >= 0.6 is 0 Å². The van der Waals surface area contributed by atoms with Gasteiger partial charge in [0, 0.05) is 0 Å². The summed E-state index contributed by atoms with van der Waals surface area (Å²) in [4.78, 5) is 23.8. The molecule has 0 amide bonds. The average Bonchev–Trinajstić information content (AvgIpc) is 2.48. The van der Waals surface area contributed by atoms with Crippen LogP contribution in [0.5, 0.6) is 0 Å². The average molecular weight is 405 g/mol. The van der Waals surface area contributed by atoms with Crippen molar-refractivity contribution in [3.05, 3.63) is 0 Å². The van der Waals surface area contributed by atoms with E-state index in [4.69, 9.17) is 6.15 Å². The monoisotopic (exact) mass is 406 g/mol. The van der Waals surface area contributed by atoms with Gasteiger partial charge in [-0.2, -0.15) is 0 Å². The molecule has 0 aromatic heterocycles. The summed E-state index contributed by atoms with van der Waals surface area (Å²) in [7, 11) is 0. The Hall–Kier alpha value is -0.261. The summed E-state index contributed by atoms with van der Waals surface area (Å²) in [5, 5.41) is 0. The molecule has 2 atom stereocenters. The van der Waals surface area contributed by atoms with Crippen molar-refractivity contribution < 1.29 is 15.7 Å². The Morgan fingerprint density at radius 2 is 1.19 bits per heavy atom. The zero-order valence-electron chi connectivity index (χ0n) is 13.9. The molecule has 0 spiro atoms. The maximum atomic E-state index is 11.9. The first kappa shape index (κ1) is 20.7. The number of carbonyl (C=O) groups is 2. The first-order valence-electron chi connectivity index (χ1n) is 8.26. The van der Waals surface area contributed by atoms with Crippen molar-refractivity contribution in [3.63, 3.8) is 0 Å². The molecule has 0 fully saturated rings. The summed E-state index contributed by atoms with van der Waals surface area (Å²) < 4.78 is 10.5. The number of hydrogen-bond acceptors (Lipinski definition) is 4. The third-order valence-electron chi connectivity index (χ3n) is 3.75. The van der Waals surface area contributed by atoms with Gasteiger partial charge >= 0.3 is 141 Å². The molecule has 122 valence electrons. The van der Waals surface area contributed by atoms with Crippen molar-refractivity contribution in [2.45, 2.75) is 79.1 Å². The van der Waals surface area contributed by atoms with E-state index in [9.17, 15) is 9.59 Å². The maximum absolute atomic E-state index is 11.9. The van der Waals surface area contributed by atoms with E-state index in [1.165, 1.54) is 0 Å². The Bertz CT molecular complexity index is 266. The Morgan fingerprint density at radius 1 is 0.810 bits per heavy atom. The zero-order valence-corrected chi connectivity index (χ0v) is 16.8. The second-order valence-corrected chi connectivity index (χ2v) is 7.06. The zero-order chi connectivity index (χ0) is 16.1. The molecule has 5 heteroatoms. The molecular formula is C16H30O4Sn. The van der Waals surface area contributed by atoms with Crippen LogP contribution in [0.4, 0.5) is 0 Å². The molecule has 0 bridgehead atoms. The summed E-state index contributed by atoms with van der Waals surface area (Å²) in [5.74, 6) is -0.419. The van der Waals surface area contributed by atoms with E-state index in [-0.39, 0.29) is 23.8 Å². The SMILES string of the molecule is CCCC[C@@H](CC)C(=O)[O][Sn][O]C(=O)[C@H](CC)CCCC. The van der Waals surface area contributed by atoms with Crippen LogP contribution in [0.3, 0.4) is 0 Å². The van der Waals surface area contributed by atoms with Gasteiger partial charge in [-0.1, -0.05) is 0 Å². The van der Waals surface area contributed by atoms with Gasteiger partial charge in [-0.15, -0.1) is 0 Å². The standard InChI is InChI=1S/2C8H16O2.Sn/c2*1-3-5-6-7(4-2)8(9)10;/h2*7H,3-6H2,1-2H3,(H,9,10);/q;;+2/p-2/t2*7-;/m11./s1. The Balaban J connectivity index is 4.04. The van der Waals surface area contributed by atoms with Crippen molar-refractivity contribution in [3.8, 4) is 0 Å². The Morgan fingerprint density at radius 3 is 1.48 bits per heavy atom. The van der Waals surface area contributed by atoms with Gasteiger partial charge in [0.15, 0.2) is 0 Å². The molecule has 0 aliphatic carbocycles. The molecule has 0 heterocycles. The van der Waals surface area contributed by atoms with E-state index in [0.29, 0.717) is 0 Å². The first-order chi connectivity index (χ1) is 10.1. The van der Waals surface area contributed by atoms with Crippen molar-refractivity contribution in [2.24, 2.45) is 11.8 Å². The molecule has 0 rings (SSSR count). The molecule has 0 N–H and O–H groups in total. The molecule has 4 nitrogen and oxygen atoms in total. The molecular weight excluding hydrogens is 375 g/mol. The van der Waals surface area contributed by atoms with E-state index >= 15 is 0 Å².